The summed E-state index contributed by atoms with van der Waals surface area (Å²) in [4.78, 5) is 12.0. The Morgan fingerprint density at radius 3 is 2.76 bits per heavy atom. The quantitative estimate of drug-likeness (QED) is 0.836. The molecule has 0 aliphatic heterocycles. The van der Waals surface area contributed by atoms with Crippen molar-refractivity contribution in [2.75, 3.05) is 6.54 Å². The molecule has 0 heterocycles. The molecular formula is C14H19NO2. The number of aliphatic hydroxyl groups is 1. The van der Waals surface area contributed by atoms with Crippen molar-refractivity contribution in [2.24, 2.45) is 5.92 Å². The number of carbonyl (C=O) groups excluding carboxylic acids is 1. The summed E-state index contributed by atoms with van der Waals surface area (Å²) in [7, 11) is 0. The normalized spacial score (nSPS) is 23.0. The minimum absolute atomic E-state index is 0.00686. The van der Waals surface area contributed by atoms with Crippen LogP contribution < -0.4 is 5.32 Å². The fraction of sp³-hybridized carbons (Fsp3) is 0.500. The van der Waals surface area contributed by atoms with E-state index in [1.165, 1.54) is 0 Å². The van der Waals surface area contributed by atoms with Gasteiger partial charge >= 0.3 is 0 Å². The largest absolute Gasteiger partial charge is 0.393 e. The van der Waals surface area contributed by atoms with Gasteiger partial charge in [0.25, 0.3) is 5.91 Å². The average Bonchev–Trinajstić information content (AvgIpc) is 2.26. The second-order valence-electron chi connectivity index (χ2n) is 4.95. The van der Waals surface area contributed by atoms with Crippen molar-refractivity contribution in [1.29, 1.82) is 0 Å². The molecule has 2 N–H and O–H groups in total. The Labute approximate surface area is 102 Å². The maximum atomic E-state index is 12.0. The predicted octanol–water partition coefficient (Wildman–Crippen LogP) is 1.80. The fourth-order valence-electron chi connectivity index (χ4n) is 2.20. The van der Waals surface area contributed by atoms with Crippen molar-refractivity contribution in [3.63, 3.8) is 0 Å². The summed E-state index contributed by atoms with van der Waals surface area (Å²) in [5.74, 6) is 0.437. The minimum atomic E-state index is -0.155. The third kappa shape index (κ3) is 2.67. The zero-order chi connectivity index (χ0) is 12.4. The highest BCUT2D eigenvalue weighted by molar-refractivity contribution is 5.95. The molecule has 0 unspecified atom stereocenters. The van der Waals surface area contributed by atoms with Crippen molar-refractivity contribution in [1.82, 2.24) is 5.32 Å². The number of aliphatic hydroxyl groups excluding tert-OH is 1. The van der Waals surface area contributed by atoms with Crippen LogP contribution in [-0.4, -0.2) is 23.7 Å². The summed E-state index contributed by atoms with van der Waals surface area (Å²) in [5, 5.41) is 12.1. The lowest BCUT2D eigenvalue weighted by Crippen LogP contribution is -2.38. The number of hydrogen-bond donors (Lipinski definition) is 2. The third-order valence-corrected chi connectivity index (χ3v) is 3.61. The van der Waals surface area contributed by atoms with E-state index in [1.807, 2.05) is 32.0 Å². The van der Waals surface area contributed by atoms with Gasteiger partial charge in [-0.25, -0.2) is 0 Å². The van der Waals surface area contributed by atoms with E-state index in [9.17, 15) is 4.79 Å². The van der Waals surface area contributed by atoms with E-state index < -0.39 is 0 Å². The van der Waals surface area contributed by atoms with Gasteiger partial charge in [-0.15, -0.1) is 0 Å². The highest BCUT2D eigenvalue weighted by Crippen LogP contribution is 2.26. The van der Waals surface area contributed by atoms with Gasteiger partial charge in [0.2, 0.25) is 0 Å². The van der Waals surface area contributed by atoms with E-state index >= 15 is 0 Å². The van der Waals surface area contributed by atoms with Gasteiger partial charge in [0, 0.05) is 12.1 Å². The van der Waals surface area contributed by atoms with Crippen LogP contribution in [0.1, 0.15) is 34.3 Å². The Hall–Kier alpha value is -1.35. The standard InChI is InChI=1S/C14H19NO2/c1-9-4-3-5-13(10(9)2)14(17)15-8-11-6-12(16)7-11/h3-5,11-12,16H,6-8H2,1-2H3,(H,15,17). The molecule has 1 aliphatic carbocycles. The first kappa shape index (κ1) is 12.1. The Morgan fingerprint density at radius 1 is 1.41 bits per heavy atom. The van der Waals surface area contributed by atoms with Crippen LogP contribution in [0.5, 0.6) is 0 Å². The molecule has 0 atom stereocenters. The molecule has 1 amide bonds. The van der Waals surface area contributed by atoms with Crippen LogP contribution in [0.2, 0.25) is 0 Å². The van der Waals surface area contributed by atoms with Gasteiger partial charge in [-0.1, -0.05) is 12.1 Å². The molecule has 1 fully saturated rings. The number of benzene rings is 1. The van der Waals surface area contributed by atoms with E-state index in [0.717, 1.165) is 29.5 Å². The van der Waals surface area contributed by atoms with Gasteiger partial charge in [0.05, 0.1) is 6.10 Å². The van der Waals surface area contributed by atoms with Crippen molar-refractivity contribution in [3.8, 4) is 0 Å². The monoisotopic (exact) mass is 233 g/mol. The number of rotatable bonds is 3. The van der Waals surface area contributed by atoms with Crippen LogP contribution in [0, 0.1) is 19.8 Å². The summed E-state index contributed by atoms with van der Waals surface area (Å²) in [5.41, 5.74) is 2.93. The van der Waals surface area contributed by atoms with Crippen LogP contribution in [0.4, 0.5) is 0 Å². The second-order valence-corrected chi connectivity index (χ2v) is 4.95. The number of amides is 1. The first-order valence-corrected chi connectivity index (χ1v) is 6.10. The molecule has 1 aliphatic rings. The highest BCUT2D eigenvalue weighted by Gasteiger charge is 2.27. The van der Waals surface area contributed by atoms with Gasteiger partial charge in [-0.05, 0) is 49.8 Å². The molecule has 0 saturated heterocycles. The molecule has 3 nitrogen and oxygen atoms in total. The van der Waals surface area contributed by atoms with Crippen LogP contribution in [-0.2, 0) is 0 Å². The first-order chi connectivity index (χ1) is 8.08. The summed E-state index contributed by atoms with van der Waals surface area (Å²) in [6.07, 6.45) is 1.47. The fourth-order valence-corrected chi connectivity index (χ4v) is 2.20. The van der Waals surface area contributed by atoms with Crippen LogP contribution >= 0.6 is 0 Å². The van der Waals surface area contributed by atoms with E-state index in [0.29, 0.717) is 12.5 Å². The minimum Gasteiger partial charge on any atom is -0.393 e. The highest BCUT2D eigenvalue weighted by atomic mass is 16.3. The third-order valence-electron chi connectivity index (χ3n) is 3.61. The summed E-state index contributed by atoms with van der Waals surface area (Å²) in [6.45, 7) is 4.65. The zero-order valence-electron chi connectivity index (χ0n) is 10.4. The molecule has 92 valence electrons. The molecule has 17 heavy (non-hydrogen) atoms. The summed E-state index contributed by atoms with van der Waals surface area (Å²) >= 11 is 0. The van der Waals surface area contributed by atoms with Crippen molar-refractivity contribution < 1.29 is 9.90 Å². The lowest BCUT2D eigenvalue weighted by atomic mass is 9.82. The van der Waals surface area contributed by atoms with Gasteiger partial charge in [0.15, 0.2) is 0 Å². The van der Waals surface area contributed by atoms with E-state index in [1.54, 1.807) is 0 Å². The predicted molar refractivity (Wildman–Crippen MR) is 67.0 cm³/mol. The molecule has 1 saturated carbocycles. The van der Waals surface area contributed by atoms with Gasteiger partial charge in [0.1, 0.15) is 0 Å². The number of aryl methyl sites for hydroxylation is 1. The molecule has 0 spiro atoms. The number of hydrogen-bond acceptors (Lipinski definition) is 2. The Balaban J connectivity index is 1.93. The molecule has 0 radical (unpaired) electrons. The molecule has 3 heteroatoms. The van der Waals surface area contributed by atoms with Gasteiger partial charge in [-0.3, -0.25) is 4.79 Å². The maximum Gasteiger partial charge on any atom is 0.251 e. The van der Waals surface area contributed by atoms with E-state index in [2.05, 4.69) is 5.32 Å². The first-order valence-electron chi connectivity index (χ1n) is 6.10. The molecular weight excluding hydrogens is 214 g/mol. The Bertz CT molecular complexity index is 422. The number of carbonyl (C=O) groups is 1. The zero-order valence-corrected chi connectivity index (χ0v) is 10.4. The topological polar surface area (TPSA) is 49.3 Å². The Morgan fingerprint density at radius 2 is 2.12 bits per heavy atom. The van der Waals surface area contributed by atoms with Crippen LogP contribution in [0.15, 0.2) is 18.2 Å². The van der Waals surface area contributed by atoms with Crippen LogP contribution in [0.3, 0.4) is 0 Å². The molecule has 0 aromatic heterocycles. The van der Waals surface area contributed by atoms with Crippen molar-refractivity contribution in [2.45, 2.75) is 32.8 Å². The maximum absolute atomic E-state index is 12.0. The number of nitrogens with one attached hydrogen (secondary N) is 1. The van der Waals surface area contributed by atoms with Crippen molar-refractivity contribution in [3.05, 3.63) is 34.9 Å². The van der Waals surface area contributed by atoms with Crippen LogP contribution in [0.25, 0.3) is 0 Å². The van der Waals surface area contributed by atoms with E-state index in [-0.39, 0.29) is 12.0 Å². The van der Waals surface area contributed by atoms with Crippen molar-refractivity contribution >= 4 is 5.91 Å². The smallest absolute Gasteiger partial charge is 0.251 e. The lowest BCUT2D eigenvalue weighted by Gasteiger charge is -2.31. The summed E-state index contributed by atoms with van der Waals surface area (Å²) in [6, 6.07) is 5.77. The average molecular weight is 233 g/mol. The molecule has 0 bridgehead atoms. The SMILES string of the molecule is Cc1cccc(C(=O)NCC2CC(O)C2)c1C. The second kappa shape index (κ2) is 4.88. The van der Waals surface area contributed by atoms with Gasteiger partial charge in [-0.2, -0.15) is 0 Å². The van der Waals surface area contributed by atoms with E-state index in [4.69, 9.17) is 5.11 Å². The summed E-state index contributed by atoms with van der Waals surface area (Å²) < 4.78 is 0. The molecule has 1 aromatic carbocycles. The molecule has 2 rings (SSSR count). The van der Waals surface area contributed by atoms with Gasteiger partial charge < -0.3 is 10.4 Å². The molecule has 1 aromatic rings. The lowest BCUT2D eigenvalue weighted by molar-refractivity contribution is 0.0420. The Kier molecular flexibility index (Phi) is 3.48.